The van der Waals surface area contributed by atoms with E-state index in [1.54, 1.807) is 18.5 Å². The van der Waals surface area contributed by atoms with E-state index in [9.17, 15) is 4.79 Å². The highest BCUT2D eigenvalue weighted by Gasteiger charge is 2.18. The molecule has 2 aromatic rings. The number of pyridine rings is 1. The molecule has 2 heterocycles. The normalized spacial score (nSPS) is 15.5. The number of hydrogen-bond acceptors (Lipinski definition) is 4. The average molecular weight is 297 g/mol. The molecule has 114 valence electrons. The minimum atomic E-state index is -0.471. The van der Waals surface area contributed by atoms with Gasteiger partial charge in [0.05, 0.1) is 5.56 Å². The van der Waals surface area contributed by atoms with Crippen LogP contribution in [-0.2, 0) is 0 Å². The summed E-state index contributed by atoms with van der Waals surface area (Å²) in [5.74, 6) is 0.0856. The van der Waals surface area contributed by atoms with Gasteiger partial charge in [0.25, 0.3) is 5.91 Å². The first kappa shape index (κ1) is 14.5. The molecular formula is C17H19N3O2. The molecule has 5 nitrogen and oxygen atoms in total. The zero-order chi connectivity index (χ0) is 15.4. The molecule has 3 N–H and O–H groups in total. The van der Waals surface area contributed by atoms with Gasteiger partial charge in [-0.1, -0.05) is 12.1 Å². The van der Waals surface area contributed by atoms with E-state index >= 15 is 0 Å². The highest BCUT2D eigenvalue weighted by molar-refractivity contribution is 5.96. The molecule has 1 aliphatic rings. The molecule has 3 rings (SSSR count). The number of aromatic nitrogens is 1. The summed E-state index contributed by atoms with van der Waals surface area (Å²) in [6.07, 6.45) is 5.48. The number of hydrogen-bond donors (Lipinski definition) is 2. The van der Waals surface area contributed by atoms with Crippen molar-refractivity contribution in [1.82, 2.24) is 10.3 Å². The Kier molecular flexibility index (Phi) is 4.34. The van der Waals surface area contributed by atoms with E-state index in [4.69, 9.17) is 10.5 Å². The standard InChI is InChI=1S/C17H19N3O2/c18-17(21)15-4-3-12(13-2-1-7-20-11-13)10-16(15)22-14-5-8-19-9-6-14/h1-4,7,10-11,14,19H,5-6,8-9H2,(H2,18,21). The Morgan fingerprint density at radius 2 is 2.05 bits per heavy atom. The lowest BCUT2D eigenvalue weighted by molar-refractivity contribution is 0.0989. The van der Waals surface area contributed by atoms with Crippen LogP contribution in [0, 0.1) is 0 Å². The summed E-state index contributed by atoms with van der Waals surface area (Å²) in [6.45, 7) is 1.86. The van der Waals surface area contributed by atoms with Crippen molar-refractivity contribution >= 4 is 5.91 Å². The Hall–Kier alpha value is -2.40. The molecular weight excluding hydrogens is 278 g/mol. The number of primary amides is 1. The molecule has 1 saturated heterocycles. The van der Waals surface area contributed by atoms with Crippen molar-refractivity contribution < 1.29 is 9.53 Å². The molecule has 0 spiro atoms. The van der Waals surface area contributed by atoms with Crippen molar-refractivity contribution in [2.45, 2.75) is 18.9 Å². The van der Waals surface area contributed by atoms with Gasteiger partial charge in [-0.25, -0.2) is 0 Å². The van der Waals surface area contributed by atoms with Crippen molar-refractivity contribution in [2.24, 2.45) is 5.73 Å². The second-order valence-electron chi connectivity index (χ2n) is 5.38. The van der Waals surface area contributed by atoms with Crippen molar-refractivity contribution in [3.05, 3.63) is 48.3 Å². The zero-order valence-electron chi connectivity index (χ0n) is 12.3. The third-order valence-electron chi connectivity index (χ3n) is 3.82. The van der Waals surface area contributed by atoms with Gasteiger partial charge in [-0.05, 0) is 49.7 Å². The van der Waals surface area contributed by atoms with Crippen molar-refractivity contribution in [2.75, 3.05) is 13.1 Å². The maximum absolute atomic E-state index is 11.6. The van der Waals surface area contributed by atoms with Crippen LogP contribution in [0.1, 0.15) is 23.2 Å². The predicted molar refractivity (Wildman–Crippen MR) is 84.7 cm³/mol. The number of amides is 1. The first-order valence-electron chi connectivity index (χ1n) is 7.45. The van der Waals surface area contributed by atoms with Crippen LogP contribution in [-0.4, -0.2) is 30.1 Å². The Balaban J connectivity index is 1.92. The summed E-state index contributed by atoms with van der Waals surface area (Å²) in [5, 5.41) is 3.30. The van der Waals surface area contributed by atoms with Crippen molar-refractivity contribution in [3.8, 4) is 16.9 Å². The minimum absolute atomic E-state index is 0.114. The van der Waals surface area contributed by atoms with E-state index in [0.29, 0.717) is 11.3 Å². The van der Waals surface area contributed by atoms with Gasteiger partial charge < -0.3 is 15.8 Å². The lowest BCUT2D eigenvalue weighted by Crippen LogP contribution is -2.34. The van der Waals surface area contributed by atoms with Crippen LogP contribution in [0.15, 0.2) is 42.7 Å². The van der Waals surface area contributed by atoms with Crippen LogP contribution in [0.25, 0.3) is 11.1 Å². The van der Waals surface area contributed by atoms with Gasteiger partial charge in [0, 0.05) is 18.0 Å². The van der Waals surface area contributed by atoms with E-state index in [-0.39, 0.29) is 6.10 Å². The minimum Gasteiger partial charge on any atom is -0.489 e. The Morgan fingerprint density at radius 1 is 1.23 bits per heavy atom. The number of ether oxygens (including phenoxy) is 1. The maximum atomic E-state index is 11.6. The lowest BCUT2D eigenvalue weighted by Gasteiger charge is -2.25. The highest BCUT2D eigenvalue weighted by atomic mass is 16.5. The fraction of sp³-hybridized carbons (Fsp3) is 0.294. The molecule has 0 saturated carbocycles. The third kappa shape index (κ3) is 3.26. The van der Waals surface area contributed by atoms with Gasteiger partial charge in [0.1, 0.15) is 11.9 Å². The van der Waals surface area contributed by atoms with E-state index in [2.05, 4.69) is 10.3 Å². The fourth-order valence-electron chi connectivity index (χ4n) is 2.63. The molecule has 0 radical (unpaired) electrons. The number of piperidine rings is 1. The fourth-order valence-corrected chi connectivity index (χ4v) is 2.63. The first-order valence-corrected chi connectivity index (χ1v) is 7.45. The second-order valence-corrected chi connectivity index (χ2v) is 5.38. The molecule has 0 unspecified atom stereocenters. The summed E-state index contributed by atoms with van der Waals surface area (Å²) in [5.41, 5.74) is 7.83. The molecule has 1 amide bonds. The first-order chi connectivity index (χ1) is 10.7. The van der Waals surface area contributed by atoms with Gasteiger partial charge in [-0.3, -0.25) is 9.78 Å². The second kappa shape index (κ2) is 6.58. The van der Waals surface area contributed by atoms with Crippen LogP contribution in [0.4, 0.5) is 0 Å². The molecule has 1 aliphatic heterocycles. The Labute approximate surface area is 129 Å². The molecule has 1 fully saturated rings. The summed E-state index contributed by atoms with van der Waals surface area (Å²) >= 11 is 0. The number of nitrogens with one attached hydrogen (secondary N) is 1. The van der Waals surface area contributed by atoms with Gasteiger partial charge in [-0.15, -0.1) is 0 Å². The van der Waals surface area contributed by atoms with E-state index in [0.717, 1.165) is 37.1 Å². The quantitative estimate of drug-likeness (QED) is 0.904. The molecule has 5 heteroatoms. The van der Waals surface area contributed by atoms with Crippen molar-refractivity contribution in [3.63, 3.8) is 0 Å². The highest BCUT2D eigenvalue weighted by Crippen LogP contribution is 2.28. The number of rotatable bonds is 4. The largest absolute Gasteiger partial charge is 0.489 e. The number of carbonyl (C=O) groups excluding carboxylic acids is 1. The Bertz CT molecular complexity index is 652. The molecule has 0 bridgehead atoms. The van der Waals surface area contributed by atoms with Crippen molar-refractivity contribution in [1.29, 1.82) is 0 Å². The van der Waals surface area contributed by atoms with Crippen LogP contribution in [0.5, 0.6) is 5.75 Å². The number of benzene rings is 1. The van der Waals surface area contributed by atoms with Crippen LogP contribution in [0.3, 0.4) is 0 Å². The summed E-state index contributed by atoms with van der Waals surface area (Å²) in [7, 11) is 0. The van der Waals surface area contributed by atoms with Crippen LogP contribution in [0.2, 0.25) is 0 Å². The van der Waals surface area contributed by atoms with Crippen LogP contribution >= 0.6 is 0 Å². The smallest absolute Gasteiger partial charge is 0.252 e. The average Bonchev–Trinajstić information content (AvgIpc) is 2.56. The molecule has 1 aromatic heterocycles. The summed E-state index contributed by atoms with van der Waals surface area (Å²) in [6, 6.07) is 9.32. The summed E-state index contributed by atoms with van der Waals surface area (Å²) in [4.78, 5) is 15.8. The SMILES string of the molecule is NC(=O)c1ccc(-c2cccnc2)cc1OC1CCNCC1. The van der Waals surface area contributed by atoms with E-state index in [1.807, 2.05) is 24.3 Å². The van der Waals surface area contributed by atoms with E-state index < -0.39 is 5.91 Å². The summed E-state index contributed by atoms with van der Waals surface area (Å²) < 4.78 is 6.05. The van der Waals surface area contributed by atoms with Gasteiger partial charge in [0.15, 0.2) is 0 Å². The molecule has 1 aromatic carbocycles. The number of nitrogens with two attached hydrogens (primary N) is 1. The zero-order valence-corrected chi connectivity index (χ0v) is 12.3. The third-order valence-corrected chi connectivity index (χ3v) is 3.82. The monoisotopic (exact) mass is 297 g/mol. The molecule has 0 atom stereocenters. The lowest BCUT2D eigenvalue weighted by atomic mass is 10.0. The van der Waals surface area contributed by atoms with Gasteiger partial charge in [0.2, 0.25) is 0 Å². The predicted octanol–water partition coefficient (Wildman–Crippen LogP) is 1.98. The number of nitrogens with zero attached hydrogens (tertiary/aromatic N) is 1. The number of carbonyl (C=O) groups is 1. The molecule has 0 aliphatic carbocycles. The van der Waals surface area contributed by atoms with Gasteiger partial charge >= 0.3 is 0 Å². The van der Waals surface area contributed by atoms with Gasteiger partial charge in [-0.2, -0.15) is 0 Å². The Morgan fingerprint density at radius 3 is 2.73 bits per heavy atom. The van der Waals surface area contributed by atoms with E-state index in [1.165, 1.54) is 0 Å². The molecule has 22 heavy (non-hydrogen) atoms. The topological polar surface area (TPSA) is 77.2 Å². The maximum Gasteiger partial charge on any atom is 0.252 e. The van der Waals surface area contributed by atoms with Crippen LogP contribution < -0.4 is 15.8 Å².